The predicted molar refractivity (Wildman–Crippen MR) is 81.2 cm³/mol. The summed E-state index contributed by atoms with van der Waals surface area (Å²) in [6.07, 6.45) is 1.71. The Morgan fingerprint density at radius 1 is 1.30 bits per heavy atom. The van der Waals surface area contributed by atoms with Gasteiger partial charge in [-0.3, -0.25) is 0 Å². The maximum absolute atomic E-state index is 13.3. The van der Waals surface area contributed by atoms with Crippen LogP contribution in [-0.4, -0.2) is 42.8 Å². The van der Waals surface area contributed by atoms with E-state index < -0.39 is 0 Å². The van der Waals surface area contributed by atoms with Gasteiger partial charge in [0.2, 0.25) is 0 Å². The highest BCUT2D eigenvalue weighted by Gasteiger charge is 2.14. The molecule has 1 unspecified atom stereocenters. The number of aliphatic hydroxyl groups excluding tert-OH is 1. The molecule has 0 aliphatic carbocycles. The Balaban J connectivity index is 2.59. The van der Waals surface area contributed by atoms with Gasteiger partial charge in [-0.25, -0.2) is 4.39 Å². The monoisotopic (exact) mass is 282 g/mol. The minimum absolute atomic E-state index is 0.154. The Bertz CT molecular complexity index is 384. The number of nitrogens with one attached hydrogen (secondary N) is 1. The molecule has 0 heterocycles. The second kappa shape index (κ2) is 9.06. The standard InChI is InChI=1S/C16H27FN2O/c1-13(2)19(9-5-11-20)10-8-16(18-3)14-6-4-7-15(17)12-14/h4,6-7,12-13,16,18,20H,5,8-11H2,1-3H3. The summed E-state index contributed by atoms with van der Waals surface area (Å²) in [5.74, 6) is -0.191. The average molecular weight is 282 g/mol. The van der Waals surface area contributed by atoms with Gasteiger partial charge in [0, 0.05) is 31.8 Å². The van der Waals surface area contributed by atoms with Gasteiger partial charge in [-0.05, 0) is 51.4 Å². The van der Waals surface area contributed by atoms with Crippen LogP contribution in [0.2, 0.25) is 0 Å². The number of benzene rings is 1. The van der Waals surface area contributed by atoms with Crippen LogP contribution in [0.1, 0.15) is 38.3 Å². The van der Waals surface area contributed by atoms with E-state index in [9.17, 15) is 4.39 Å². The highest BCUT2D eigenvalue weighted by molar-refractivity contribution is 5.20. The quantitative estimate of drug-likeness (QED) is 0.731. The van der Waals surface area contributed by atoms with Crippen molar-refractivity contribution in [3.8, 4) is 0 Å². The molecule has 1 aromatic rings. The Hall–Kier alpha value is -0.970. The summed E-state index contributed by atoms with van der Waals surface area (Å²) >= 11 is 0. The molecule has 114 valence electrons. The first kappa shape index (κ1) is 17.1. The van der Waals surface area contributed by atoms with Crippen LogP contribution in [0.15, 0.2) is 24.3 Å². The lowest BCUT2D eigenvalue weighted by Crippen LogP contribution is -2.35. The van der Waals surface area contributed by atoms with Crippen molar-refractivity contribution in [2.24, 2.45) is 0 Å². The number of rotatable bonds is 9. The normalized spacial score (nSPS) is 13.2. The van der Waals surface area contributed by atoms with Crippen LogP contribution in [0.5, 0.6) is 0 Å². The Morgan fingerprint density at radius 3 is 2.60 bits per heavy atom. The number of hydrogen-bond acceptors (Lipinski definition) is 3. The van der Waals surface area contributed by atoms with Gasteiger partial charge in [0.15, 0.2) is 0 Å². The number of aliphatic hydroxyl groups is 1. The molecule has 2 N–H and O–H groups in total. The van der Waals surface area contributed by atoms with Crippen molar-refractivity contribution in [2.75, 3.05) is 26.7 Å². The zero-order valence-corrected chi connectivity index (χ0v) is 12.8. The molecule has 0 radical (unpaired) electrons. The SMILES string of the molecule is CNC(CCN(CCCO)C(C)C)c1cccc(F)c1. The first-order chi connectivity index (χ1) is 9.58. The summed E-state index contributed by atoms with van der Waals surface area (Å²) in [7, 11) is 1.91. The van der Waals surface area contributed by atoms with Gasteiger partial charge in [0.05, 0.1) is 0 Å². The van der Waals surface area contributed by atoms with E-state index in [4.69, 9.17) is 5.11 Å². The largest absolute Gasteiger partial charge is 0.396 e. The number of halogens is 1. The summed E-state index contributed by atoms with van der Waals surface area (Å²) in [5.41, 5.74) is 0.985. The van der Waals surface area contributed by atoms with Crippen molar-refractivity contribution in [1.29, 1.82) is 0 Å². The minimum atomic E-state index is -0.191. The summed E-state index contributed by atoms with van der Waals surface area (Å²) in [4.78, 5) is 2.35. The van der Waals surface area contributed by atoms with Gasteiger partial charge in [-0.1, -0.05) is 12.1 Å². The molecule has 4 heteroatoms. The second-order valence-corrected chi connectivity index (χ2v) is 5.39. The maximum Gasteiger partial charge on any atom is 0.123 e. The fraction of sp³-hybridized carbons (Fsp3) is 0.625. The number of nitrogens with zero attached hydrogens (tertiary/aromatic N) is 1. The zero-order chi connectivity index (χ0) is 15.0. The molecule has 1 aromatic carbocycles. The molecule has 0 fully saturated rings. The summed E-state index contributed by atoms with van der Waals surface area (Å²) in [5, 5.41) is 12.2. The molecule has 0 saturated carbocycles. The van der Waals surface area contributed by atoms with E-state index >= 15 is 0 Å². The molecular weight excluding hydrogens is 255 g/mol. The molecule has 1 atom stereocenters. The van der Waals surface area contributed by atoms with Crippen LogP contribution in [-0.2, 0) is 0 Å². The first-order valence-electron chi connectivity index (χ1n) is 7.36. The van der Waals surface area contributed by atoms with Gasteiger partial charge in [-0.2, -0.15) is 0 Å². The summed E-state index contributed by atoms with van der Waals surface area (Å²) < 4.78 is 13.3. The van der Waals surface area contributed by atoms with Crippen molar-refractivity contribution in [1.82, 2.24) is 10.2 Å². The lowest BCUT2D eigenvalue weighted by molar-refractivity contribution is 0.184. The van der Waals surface area contributed by atoms with Crippen molar-refractivity contribution >= 4 is 0 Å². The molecule has 20 heavy (non-hydrogen) atoms. The maximum atomic E-state index is 13.3. The topological polar surface area (TPSA) is 35.5 Å². The Labute approximate surface area is 121 Å². The van der Waals surface area contributed by atoms with Crippen LogP contribution in [0.4, 0.5) is 4.39 Å². The number of hydrogen-bond donors (Lipinski definition) is 2. The average Bonchev–Trinajstić information content (AvgIpc) is 2.42. The molecule has 1 rings (SSSR count). The predicted octanol–water partition coefficient (Wildman–Crippen LogP) is 2.57. The van der Waals surface area contributed by atoms with Crippen LogP contribution in [0, 0.1) is 5.82 Å². The third-order valence-electron chi connectivity index (χ3n) is 3.64. The van der Waals surface area contributed by atoms with Gasteiger partial charge >= 0.3 is 0 Å². The Kier molecular flexibility index (Phi) is 7.73. The highest BCUT2D eigenvalue weighted by Crippen LogP contribution is 2.18. The molecule has 0 aliphatic heterocycles. The molecule has 0 saturated heterocycles. The van der Waals surface area contributed by atoms with Gasteiger partial charge in [-0.15, -0.1) is 0 Å². The molecule has 0 spiro atoms. The van der Waals surface area contributed by atoms with Crippen LogP contribution < -0.4 is 5.32 Å². The lowest BCUT2D eigenvalue weighted by Gasteiger charge is -2.28. The van der Waals surface area contributed by atoms with E-state index in [-0.39, 0.29) is 18.5 Å². The molecular formula is C16H27FN2O. The van der Waals surface area contributed by atoms with Gasteiger partial charge in [0.25, 0.3) is 0 Å². The van der Waals surface area contributed by atoms with E-state index in [0.717, 1.165) is 31.5 Å². The van der Waals surface area contributed by atoms with Gasteiger partial charge in [0.1, 0.15) is 5.82 Å². The van der Waals surface area contributed by atoms with Gasteiger partial charge < -0.3 is 15.3 Å². The van der Waals surface area contributed by atoms with Crippen LogP contribution in [0.3, 0.4) is 0 Å². The smallest absolute Gasteiger partial charge is 0.123 e. The second-order valence-electron chi connectivity index (χ2n) is 5.39. The third-order valence-corrected chi connectivity index (χ3v) is 3.64. The molecule has 0 aromatic heterocycles. The van der Waals surface area contributed by atoms with E-state index in [2.05, 4.69) is 24.1 Å². The highest BCUT2D eigenvalue weighted by atomic mass is 19.1. The lowest BCUT2D eigenvalue weighted by atomic mass is 10.0. The first-order valence-corrected chi connectivity index (χ1v) is 7.36. The summed E-state index contributed by atoms with van der Waals surface area (Å²) in [6.45, 7) is 6.37. The molecule has 0 amide bonds. The minimum Gasteiger partial charge on any atom is -0.396 e. The zero-order valence-electron chi connectivity index (χ0n) is 12.8. The molecule has 3 nitrogen and oxygen atoms in total. The van der Waals surface area contributed by atoms with E-state index in [0.29, 0.717) is 6.04 Å². The van der Waals surface area contributed by atoms with E-state index in [1.165, 1.54) is 6.07 Å². The van der Waals surface area contributed by atoms with Crippen LogP contribution >= 0.6 is 0 Å². The van der Waals surface area contributed by atoms with E-state index in [1.807, 2.05) is 13.1 Å². The molecule has 0 aliphatic rings. The van der Waals surface area contributed by atoms with Crippen molar-refractivity contribution in [3.05, 3.63) is 35.6 Å². The van der Waals surface area contributed by atoms with E-state index in [1.54, 1.807) is 12.1 Å². The third kappa shape index (κ3) is 5.57. The van der Waals surface area contributed by atoms with Crippen molar-refractivity contribution < 1.29 is 9.50 Å². The van der Waals surface area contributed by atoms with Crippen LogP contribution in [0.25, 0.3) is 0 Å². The fourth-order valence-corrected chi connectivity index (χ4v) is 2.40. The Morgan fingerprint density at radius 2 is 2.05 bits per heavy atom. The summed E-state index contributed by atoms with van der Waals surface area (Å²) in [6, 6.07) is 7.37. The fourth-order valence-electron chi connectivity index (χ4n) is 2.40. The molecule has 0 bridgehead atoms. The van der Waals surface area contributed by atoms with Crippen molar-refractivity contribution in [2.45, 2.75) is 38.8 Å². The van der Waals surface area contributed by atoms with Crippen molar-refractivity contribution in [3.63, 3.8) is 0 Å².